The number of nitrogens with one attached hydrogen (secondary N) is 1. The summed E-state index contributed by atoms with van der Waals surface area (Å²) in [7, 11) is 1.63. The standard InChI is InChI=1S/C23H24ClNO3/c1-27-22-9-5-8-19(14-25-15-21(26)18-6-3-2-4-7-18)23(22)28-16-17-10-12-20(24)13-11-17/h2-13,21,25-26H,14-16H2,1H3/t21-/m0/s1. The van der Waals surface area contributed by atoms with E-state index in [9.17, 15) is 5.11 Å². The lowest BCUT2D eigenvalue weighted by Gasteiger charge is -2.17. The minimum absolute atomic E-state index is 0.414. The Kier molecular flexibility index (Phi) is 7.31. The first kappa shape index (κ1) is 20.2. The van der Waals surface area contributed by atoms with Gasteiger partial charge in [0.15, 0.2) is 11.5 Å². The van der Waals surface area contributed by atoms with Gasteiger partial charge in [-0.3, -0.25) is 0 Å². The van der Waals surface area contributed by atoms with Crippen molar-refractivity contribution in [3.05, 3.63) is 94.5 Å². The lowest BCUT2D eigenvalue weighted by atomic mass is 10.1. The van der Waals surface area contributed by atoms with Gasteiger partial charge in [-0.15, -0.1) is 0 Å². The second-order valence-electron chi connectivity index (χ2n) is 6.42. The molecule has 0 unspecified atom stereocenters. The van der Waals surface area contributed by atoms with E-state index >= 15 is 0 Å². The minimum atomic E-state index is -0.565. The van der Waals surface area contributed by atoms with Crippen molar-refractivity contribution in [2.75, 3.05) is 13.7 Å². The normalized spacial score (nSPS) is 11.8. The van der Waals surface area contributed by atoms with Crippen LogP contribution in [-0.2, 0) is 13.2 Å². The highest BCUT2D eigenvalue weighted by molar-refractivity contribution is 6.30. The summed E-state index contributed by atoms with van der Waals surface area (Å²) in [4.78, 5) is 0. The molecule has 0 aliphatic heterocycles. The second-order valence-corrected chi connectivity index (χ2v) is 6.86. The van der Waals surface area contributed by atoms with Crippen LogP contribution in [0.15, 0.2) is 72.8 Å². The molecule has 0 amide bonds. The summed E-state index contributed by atoms with van der Waals surface area (Å²) in [5, 5.41) is 14.3. The predicted octanol–water partition coefficient (Wildman–Crippen LogP) is 4.75. The Labute approximate surface area is 170 Å². The maximum absolute atomic E-state index is 10.3. The zero-order valence-corrected chi connectivity index (χ0v) is 16.5. The fourth-order valence-corrected chi connectivity index (χ4v) is 3.02. The van der Waals surface area contributed by atoms with Crippen LogP contribution >= 0.6 is 11.6 Å². The van der Waals surface area contributed by atoms with Gasteiger partial charge in [-0.2, -0.15) is 0 Å². The molecule has 146 valence electrons. The number of hydrogen-bond acceptors (Lipinski definition) is 4. The summed E-state index contributed by atoms with van der Waals surface area (Å²) in [6.07, 6.45) is -0.565. The summed E-state index contributed by atoms with van der Waals surface area (Å²) in [6.45, 7) is 1.41. The number of hydrogen-bond donors (Lipinski definition) is 2. The van der Waals surface area contributed by atoms with E-state index in [2.05, 4.69) is 5.32 Å². The minimum Gasteiger partial charge on any atom is -0.493 e. The highest BCUT2D eigenvalue weighted by Crippen LogP contribution is 2.32. The van der Waals surface area contributed by atoms with Crippen LogP contribution in [-0.4, -0.2) is 18.8 Å². The third-order valence-electron chi connectivity index (χ3n) is 4.41. The number of para-hydroxylation sites is 1. The maximum Gasteiger partial charge on any atom is 0.166 e. The molecule has 0 saturated carbocycles. The van der Waals surface area contributed by atoms with Crippen LogP contribution in [0.5, 0.6) is 11.5 Å². The lowest BCUT2D eigenvalue weighted by molar-refractivity contribution is 0.174. The van der Waals surface area contributed by atoms with Crippen LogP contribution < -0.4 is 14.8 Å². The molecule has 0 aliphatic carbocycles. The van der Waals surface area contributed by atoms with Crippen LogP contribution in [0.1, 0.15) is 22.8 Å². The predicted molar refractivity (Wildman–Crippen MR) is 112 cm³/mol. The number of benzene rings is 3. The van der Waals surface area contributed by atoms with Crippen molar-refractivity contribution in [2.45, 2.75) is 19.3 Å². The average molecular weight is 398 g/mol. The van der Waals surface area contributed by atoms with Crippen LogP contribution in [0.4, 0.5) is 0 Å². The van der Waals surface area contributed by atoms with Crippen LogP contribution in [0.25, 0.3) is 0 Å². The van der Waals surface area contributed by atoms with E-state index in [4.69, 9.17) is 21.1 Å². The molecule has 4 nitrogen and oxygen atoms in total. The molecule has 0 bridgehead atoms. The van der Waals surface area contributed by atoms with Crippen LogP contribution in [0, 0.1) is 0 Å². The van der Waals surface area contributed by atoms with E-state index in [1.165, 1.54) is 0 Å². The van der Waals surface area contributed by atoms with Gasteiger partial charge in [-0.05, 0) is 29.3 Å². The van der Waals surface area contributed by atoms with Crippen molar-refractivity contribution in [2.24, 2.45) is 0 Å². The van der Waals surface area contributed by atoms with Crippen molar-refractivity contribution < 1.29 is 14.6 Å². The molecular formula is C23H24ClNO3. The monoisotopic (exact) mass is 397 g/mol. The van der Waals surface area contributed by atoms with E-state index in [0.717, 1.165) is 16.7 Å². The quantitative estimate of drug-likeness (QED) is 0.547. The SMILES string of the molecule is COc1cccc(CNC[C@H](O)c2ccccc2)c1OCc1ccc(Cl)cc1. The number of aliphatic hydroxyl groups excluding tert-OH is 1. The van der Waals surface area contributed by atoms with Crippen molar-refractivity contribution in [3.8, 4) is 11.5 Å². The number of halogens is 1. The third kappa shape index (κ3) is 5.49. The molecule has 0 spiro atoms. The van der Waals surface area contributed by atoms with Gasteiger partial charge in [0, 0.05) is 23.7 Å². The number of rotatable bonds is 9. The summed E-state index contributed by atoms with van der Waals surface area (Å²) in [5.74, 6) is 1.37. The van der Waals surface area contributed by atoms with Gasteiger partial charge in [-0.25, -0.2) is 0 Å². The highest BCUT2D eigenvalue weighted by Gasteiger charge is 2.12. The summed E-state index contributed by atoms with van der Waals surface area (Å²) in [6, 6.07) is 23.0. The van der Waals surface area contributed by atoms with E-state index in [1.54, 1.807) is 7.11 Å². The highest BCUT2D eigenvalue weighted by atomic mass is 35.5. The van der Waals surface area contributed by atoms with Gasteiger partial charge in [0.05, 0.1) is 13.2 Å². The first-order valence-electron chi connectivity index (χ1n) is 9.14. The van der Waals surface area contributed by atoms with Gasteiger partial charge >= 0.3 is 0 Å². The molecule has 0 fully saturated rings. The number of methoxy groups -OCH3 is 1. The fraction of sp³-hybridized carbons (Fsp3) is 0.217. The molecule has 0 aliphatic rings. The lowest BCUT2D eigenvalue weighted by Crippen LogP contribution is -2.21. The Hall–Kier alpha value is -2.53. The Morgan fingerprint density at radius 3 is 2.43 bits per heavy atom. The molecule has 0 saturated heterocycles. The topological polar surface area (TPSA) is 50.7 Å². The molecule has 1 atom stereocenters. The second kappa shape index (κ2) is 10.1. The molecule has 3 aromatic carbocycles. The Morgan fingerprint density at radius 1 is 0.964 bits per heavy atom. The van der Waals surface area contributed by atoms with E-state index < -0.39 is 6.10 Å². The maximum atomic E-state index is 10.3. The first-order chi connectivity index (χ1) is 13.7. The van der Waals surface area contributed by atoms with E-state index in [1.807, 2.05) is 72.8 Å². The largest absolute Gasteiger partial charge is 0.493 e. The molecule has 2 N–H and O–H groups in total. The molecular weight excluding hydrogens is 374 g/mol. The Balaban J connectivity index is 1.64. The first-order valence-corrected chi connectivity index (χ1v) is 9.52. The Morgan fingerprint density at radius 2 is 1.71 bits per heavy atom. The van der Waals surface area contributed by atoms with Crippen molar-refractivity contribution in [1.82, 2.24) is 5.32 Å². The smallest absolute Gasteiger partial charge is 0.166 e. The molecule has 0 heterocycles. The van der Waals surface area contributed by atoms with Gasteiger partial charge in [0.1, 0.15) is 6.61 Å². The average Bonchev–Trinajstić information content (AvgIpc) is 2.74. The molecule has 0 aromatic heterocycles. The molecule has 28 heavy (non-hydrogen) atoms. The molecule has 5 heteroatoms. The molecule has 0 radical (unpaired) electrons. The van der Waals surface area contributed by atoms with Gasteiger partial charge in [0.25, 0.3) is 0 Å². The van der Waals surface area contributed by atoms with E-state index in [0.29, 0.717) is 36.2 Å². The third-order valence-corrected chi connectivity index (χ3v) is 4.67. The molecule has 3 aromatic rings. The summed E-state index contributed by atoms with van der Waals surface area (Å²) in [5.41, 5.74) is 2.88. The Bertz CT molecular complexity index is 869. The number of ether oxygens (including phenoxy) is 2. The van der Waals surface area contributed by atoms with Gasteiger partial charge < -0.3 is 19.9 Å². The van der Waals surface area contributed by atoms with Crippen molar-refractivity contribution >= 4 is 11.6 Å². The zero-order valence-electron chi connectivity index (χ0n) is 15.8. The number of aliphatic hydroxyl groups is 1. The van der Waals surface area contributed by atoms with Crippen molar-refractivity contribution in [3.63, 3.8) is 0 Å². The van der Waals surface area contributed by atoms with Crippen LogP contribution in [0.3, 0.4) is 0 Å². The van der Waals surface area contributed by atoms with Crippen molar-refractivity contribution in [1.29, 1.82) is 0 Å². The fourth-order valence-electron chi connectivity index (χ4n) is 2.90. The van der Waals surface area contributed by atoms with Gasteiger partial charge in [0.2, 0.25) is 0 Å². The summed E-state index contributed by atoms with van der Waals surface area (Å²) >= 11 is 5.94. The van der Waals surface area contributed by atoms with Gasteiger partial charge in [-0.1, -0.05) is 66.2 Å². The van der Waals surface area contributed by atoms with Crippen LogP contribution in [0.2, 0.25) is 5.02 Å². The molecule has 3 rings (SSSR count). The van der Waals surface area contributed by atoms with E-state index in [-0.39, 0.29) is 0 Å². The summed E-state index contributed by atoms with van der Waals surface area (Å²) < 4.78 is 11.5. The zero-order chi connectivity index (χ0) is 19.8.